The number of aryl methyl sites for hydroxylation is 1. The van der Waals surface area contributed by atoms with Crippen molar-refractivity contribution in [2.45, 2.75) is 13.5 Å². The zero-order chi connectivity index (χ0) is 16.2. The van der Waals surface area contributed by atoms with Crippen molar-refractivity contribution in [2.75, 3.05) is 19.4 Å². The van der Waals surface area contributed by atoms with E-state index >= 15 is 0 Å². The average molecular weight is 324 g/mol. The van der Waals surface area contributed by atoms with Crippen LogP contribution < -0.4 is 5.32 Å². The summed E-state index contributed by atoms with van der Waals surface area (Å²) in [5.41, 5.74) is 4.43. The molecular weight excluding hydrogens is 304 g/mol. The molecule has 0 saturated heterocycles. The Morgan fingerprint density at radius 3 is 2.61 bits per heavy atom. The molecule has 0 unspecified atom stereocenters. The van der Waals surface area contributed by atoms with Crippen molar-refractivity contribution >= 4 is 22.2 Å². The van der Waals surface area contributed by atoms with E-state index in [1.807, 2.05) is 24.5 Å². The van der Waals surface area contributed by atoms with E-state index < -0.39 is 0 Å². The Hall–Kier alpha value is -2.24. The van der Waals surface area contributed by atoms with Crippen LogP contribution in [0.3, 0.4) is 0 Å². The zero-order valence-corrected chi connectivity index (χ0v) is 14.4. The minimum atomic E-state index is 0.866. The number of hydrogen-bond acceptors (Lipinski definition) is 5. The molecule has 5 heteroatoms. The number of thiazole rings is 1. The lowest BCUT2D eigenvalue weighted by Gasteiger charge is -2.08. The van der Waals surface area contributed by atoms with Gasteiger partial charge in [0.2, 0.25) is 0 Å². The summed E-state index contributed by atoms with van der Waals surface area (Å²) in [5.74, 6) is 0. The molecule has 23 heavy (non-hydrogen) atoms. The molecule has 3 rings (SSSR count). The highest BCUT2D eigenvalue weighted by atomic mass is 32.1. The SMILES string of the molecule is Cc1cccc(Nc2nc(-c3ccncc3)c(CN(C)C)s2)c1. The van der Waals surface area contributed by atoms with Gasteiger partial charge in [0.05, 0.1) is 5.69 Å². The van der Waals surface area contributed by atoms with E-state index in [2.05, 4.69) is 60.5 Å². The molecule has 2 aromatic heterocycles. The van der Waals surface area contributed by atoms with Crippen LogP contribution in [0.5, 0.6) is 0 Å². The van der Waals surface area contributed by atoms with Crippen molar-refractivity contribution < 1.29 is 0 Å². The lowest BCUT2D eigenvalue weighted by atomic mass is 10.2. The summed E-state index contributed by atoms with van der Waals surface area (Å²) in [6, 6.07) is 12.3. The highest BCUT2D eigenvalue weighted by molar-refractivity contribution is 7.16. The molecule has 0 aliphatic rings. The number of benzene rings is 1. The quantitative estimate of drug-likeness (QED) is 0.759. The monoisotopic (exact) mass is 324 g/mol. The van der Waals surface area contributed by atoms with E-state index in [4.69, 9.17) is 4.98 Å². The normalized spacial score (nSPS) is 11.0. The first-order valence-electron chi connectivity index (χ1n) is 7.50. The smallest absolute Gasteiger partial charge is 0.188 e. The maximum Gasteiger partial charge on any atom is 0.188 e. The third-order valence-corrected chi connectivity index (χ3v) is 4.34. The van der Waals surface area contributed by atoms with Gasteiger partial charge in [-0.1, -0.05) is 23.5 Å². The van der Waals surface area contributed by atoms with Crippen molar-refractivity contribution in [1.29, 1.82) is 0 Å². The third kappa shape index (κ3) is 3.94. The molecule has 0 amide bonds. The molecule has 0 bridgehead atoms. The second-order valence-electron chi connectivity index (χ2n) is 5.76. The first kappa shape index (κ1) is 15.6. The molecule has 2 heterocycles. The van der Waals surface area contributed by atoms with E-state index in [9.17, 15) is 0 Å². The van der Waals surface area contributed by atoms with Gasteiger partial charge in [0, 0.05) is 35.1 Å². The molecule has 0 spiro atoms. The van der Waals surface area contributed by atoms with E-state index in [0.29, 0.717) is 0 Å². The van der Waals surface area contributed by atoms with Gasteiger partial charge in [-0.3, -0.25) is 4.98 Å². The van der Waals surface area contributed by atoms with Crippen LogP contribution in [0.15, 0.2) is 48.8 Å². The standard InChI is InChI=1S/C18H20N4S/c1-13-5-4-6-15(11-13)20-18-21-17(14-7-9-19-10-8-14)16(23-18)12-22(2)3/h4-11H,12H2,1-3H3,(H,20,21). The number of pyridine rings is 1. The second kappa shape index (κ2) is 6.89. The minimum Gasteiger partial charge on any atom is -0.332 e. The van der Waals surface area contributed by atoms with Crippen LogP contribution in [0, 0.1) is 6.92 Å². The number of nitrogens with zero attached hydrogens (tertiary/aromatic N) is 3. The van der Waals surface area contributed by atoms with Gasteiger partial charge in [0.25, 0.3) is 0 Å². The van der Waals surface area contributed by atoms with Gasteiger partial charge in [-0.2, -0.15) is 0 Å². The van der Waals surface area contributed by atoms with Gasteiger partial charge in [0.1, 0.15) is 0 Å². The van der Waals surface area contributed by atoms with Gasteiger partial charge in [-0.15, -0.1) is 0 Å². The fraction of sp³-hybridized carbons (Fsp3) is 0.222. The maximum absolute atomic E-state index is 4.81. The highest BCUT2D eigenvalue weighted by Crippen LogP contribution is 2.33. The molecular formula is C18H20N4S. The second-order valence-corrected chi connectivity index (χ2v) is 6.84. The Labute approximate surface area is 140 Å². The third-order valence-electron chi connectivity index (χ3n) is 3.38. The molecule has 118 valence electrons. The summed E-state index contributed by atoms with van der Waals surface area (Å²) in [5, 5.41) is 4.34. The predicted molar refractivity (Wildman–Crippen MR) is 97.2 cm³/mol. The Morgan fingerprint density at radius 1 is 1.13 bits per heavy atom. The van der Waals surface area contributed by atoms with Crippen molar-refractivity contribution in [2.24, 2.45) is 0 Å². The maximum atomic E-state index is 4.81. The van der Waals surface area contributed by atoms with Crippen LogP contribution >= 0.6 is 11.3 Å². The van der Waals surface area contributed by atoms with Crippen molar-refractivity contribution in [3.8, 4) is 11.3 Å². The molecule has 0 fully saturated rings. The van der Waals surface area contributed by atoms with E-state index in [1.165, 1.54) is 10.4 Å². The minimum absolute atomic E-state index is 0.866. The van der Waals surface area contributed by atoms with E-state index in [1.54, 1.807) is 11.3 Å². The molecule has 4 nitrogen and oxygen atoms in total. The lowest BCUT2D eigenvalue weighted by molar-refractivity contribution is 0.406. The Bertz CT molecular complexity index is 781. The van der Waals surface area contributed by atoms with Crippen LogP contribution in [-0.4, -0.2) is 29.0 Å². The predicted octanol–water partition coefficient (Wildman–Crippen LogP) is 4.32. The first-order chi connectivity index (χ1) is 11.1. The van der Waals surface area contributed by atoms with Gasteiger partial charge in [0.15, 0.2) is 5.13 Å². The summed E-state index contributed by atoms with van der Waals surface area (Å²) in [7, 11) is 4.15. The fourth-order valence-electron chi connectivity index (χ4n) is 2.38. The Balaban J connectivity index is 1.94. The van der Waals surface area contributed by atoms with Crippen molar-refractivity contribution in [1.82, 2.24) is 14.9 Å². The lowest BCUT2D eigenvalue weighted by Crippen LogP contribution is -2.10. The van der Waals surface area contributed by atoms with Crippen LogP contribution in [0.25, 0.3) is 11.3 Å². The molecule has 0 aliphatic heterocycles. The van der Waals surface area contributed by atoms with Gasteiger partial charge >= 0.3 is 0 Å². The average Bonchev–Trinajstić information content (AvgIpc) is 2.90. The number of rotatable bonds is 5. The summed E-state index contributed by atoms with van der Waals surface area (Å²) in [4.78, 5) is 12.3. The molecule has 0 atom stereocenters. The fourth-order valence-corrected chi connectivity index (χ4v) is 3.50. The highest BCUT2D eigenvalue weighted by Gasteiger charge is 2.14. The first-order valence-corrected chi connectivity index (χ1v) is 8.32. The molecule has 0 radical (unpaired) electrons. The van der Waals surface area contributed by atoms with Crippen LogP contribution in [0.4, 0.5) is 10.8 Å². The number of hydrogen-bond donors (Lipinski definition) is 1. The van der Waals surface area contributed by atoms with Crippen LogP contribution in [-0.2, 0) is 6.54 Å². The number of anilines is 2. The van der Waals surface area contributed by atoms with E-state index in [-0.39, 0.29) is 0 Å². The Kier molecular flexibility index (Phi) is 4.69. The molecule has 0 saturated carbocycles. The number of nitrogens with one attached hydrogen (secondary N) is 1. The molecule has 1 N–H and O–H groups in total. The summed E-state index contributed by atoms with van der Waals surface area (Å²) < 4.78 is 0. The van der Waals surface area contributed by atoms with Crippen molar-refractivity contribution in [3.05, 3.63) is 59.2 Å². The molecule has 1 aromatic carbocycles. The summed E-state index contributed by atoms with van der Waals surface area (Å²) >= 11 is 1.70. The zero-order valence-electron chi connectivity index (χ0n) is 13.6. The topological polar surface area (TPSA) is 41.1 Å². The Morgan fingerprint density at radius 2 is 1.91 bits per heavy atom. The van der Waals surface area contributed by atoms with Crippen LogP contribution in [0.1, 0.15) is 10.4 Å². The van der Waals surface area contributed by atoms with E-state index in [0.717, 1.165) is 28.6 Å². The molecule has 3 aromatic rings. The summed E-state index contributed by atoms with van der Waals surface area (Å²) in [6.07, 6.45) is 3.61. The molecule has 0 aliphatic carbocycles. The largest absolute Gasteiger partial charge is 0.332 e. The van der Waals surface area contributed by atoms with Gasteiger partial charge in [-0.25, -0.2) is 4.98 Å². The van der Waals surface area contributed by atoms with Gasteiger partial charge < -0.3 is 10.2 Å². The van der Waals surface area contributed by atoms with Gasteiger partial charge in [-0.05, 0) is 50.8 Å². The van der Waals surface area contributed by atoms with Crippen LogP contribution in [0.2, 0.25) is 0 Å². The number of aromatic nitrogens is 2. The summed E-state index contributed by atoms with van der Waals surface area (Å²) in [6.45, 7) is 2.96. The van der Waals surface area contributed by atoms with Crippen molar-refractivity contribution in [3.63, 3.8) is 0 Å².